The topological polar surface area (TPSA) is 95.9 Å². The largest absolute Gasteiger partial charge is 0.496 e. The van der Waals surface area contributed by atoms with Crippen molar-refractivity contribution < 1.29 is 24.2 Å². The highest BCUT2D eigenvalue weighted by molar-refractivity contribution is 5.99. The first-order valence-corrected chi connectivity index (χ1v) is 8.75. The van der Waals surface area contributed by atoms with E-state index in [1.807, 2.05) is 13.8 Å². The van der Waals surface area contributed by atoms with Crippen LogP contribution < -0.4 is 10.1 Å². The van der Waals surface area contributed by atoms with Gasteiger partial charge in [-0.15, -0.1) is 0 Å². The summed E-state index contributed by atoms with van der Waals surface area (Å²) >= 11 is 0. The van der Waals surface area contributed by atoms with Crippen molar-refractivity contribution in [3.8, 4) is 5.75 Å². The number of carboxylic acid groups (broad SMARTS) is 1. The summed E-state index contributed by atoms with van der Waals surface area (Å²) in [4.78, 5) is 38.4. The molecule has 2 atom stereocenters. The third-order valence-electron chi connectivity index (χ3n) is 4.79. The van der Waals surface area contributed by atoms with Crippen LogP contribution in [0, 0.1) is 12.8 Å². The summed E-state index contributed by atoms with van der Waals surface area (Å²) in [6, 6.07) is 3.55. The molecule has 0 aliphatic carbocycles. The smallest absolute Gasteiger partial charge is 0.326 e. The van der Waals surface area contributed by atoms with Crippen LogP contribution in [-0.4, -0.2) is 53.5 Å². The minimum atomic E-state index is -1.01. The van der Waals surface area contributed by atoms with Crippen LogP contribution in [0.5, 0.6) is 5.75 Å². The monoisotopic (exact) mass is 362 g/mol. The number of hydrogen-bond donors (Lipinski definition) is 2. The molecule has 1 aromatic carbocycles. The SMILES string of the molecule is COc1cccc(C(=O)N[C@H](C(=O)N2CCC[C@H]2C(=O)O)C(C)C)c1C. The number of carbonyl (C=O) groups excluding carboxylic acids is 2. The van der Waals surface area contributed by atoms with E-state index in [1.54, 1.807) is 25.1 Å². The second kappa shape index (κ2) is 8.21. The third-order valence-corrected chi connectivity index (χ3v) is 4.79. The zero-order valence-electron chi connectivity index (χ0n) is 15.6. The Labute approximate surface area is 153 Å². The zero-order chi connectivity index (χ0) is 19.4. The molecule has 0 unspecified atom stereocenters. The predicted octanol–water partition coefficient (Wildman–Crippen LogP) is 1.83. The van der Waals surface area contributed by atoms with Gasteiger partial charge >= 0.3 is 5.97 Å². The van der Waals surface area contributed by atoms with Gasteiger partial charge < -0.3 is 20.1 Å². The van der Waals surface area contributed by atoms with Crippen LogP contribution in [0.2, 0.25) is 0 Å². The van der Waals surface area contributed by atoms with Gasteiger partial charge in [0.1, 0.15) is 17.8 Å². The highest BCUT2D eigenvalue weighted by atomic mass is 16.5. The van der Waals surface area contributed by atoms with Gasteiger partial charge in [0.15, 0.2) is 0 Å². The fourth-order valence-electron chi connectivity index (χ4n) is 3.28. The molecule has 1 aliphatic rings. The van der Waals surface area contributed by atoms with Gasteiger partial charge in [0.25, 0.3) is 5.91 Å². The second-order valence-corrected chi connectivity index (χ2v) is 6.86. The van der Waals surface area contributed by atoms with E-state index >= 15 is 0 Å². The van der Waals surface area contributed by atoms with Gasteiger partial charge in [-0.05, 0) is 37.8 Å². The maximum Gasteiger partial charge on any atom is 0.326 e. The number of benzene rings is 1. The summed E-state index contributed by atoms with van der Waals surface area (Å²) in [6.07, 6.45) is 1.09. The molecule has 2 N–H and O–H groups in total. The molecule has 142 valence electrons. The van der Waals surface area contributed by atoms with Crippen LogP contribution in [0.4, 0.5) is 0 Å². The Kier molecular flexibility index (Phi) is 6.23. The first-order chi connectivity index (χ1) is 12.3. The Bertz CT molecular complexity index is 701. The summed E-state index contributed by atoms with van der Waals surface area (Å²) in [7, 11) is 1.53. The molecule has 0 bridgehead atoms. The summed E-state index contributed by atoms with van der Waals surface area (Å²) in [5.41, 5.74) is 1.12. The number of hydrogen-bond acceptors (Lipinski definition) is 4. The van der Waals surface area contributed by atoms with Crippen molar-refractivity contribution >= 4 is 17.8 Å². The van der Waals surface area contributed by atoms with Crippen molar-refractivity contribution in [2.45, 2.75) is 45.7 Å². The summed E-state index contributed by atoms with van der Waals surface area (Å²) in [5, 5.41) is 12.1. The number of rotatable bonds is 6. The van der Waals surface area contributed by atoms with Crippen LogP contribution in [0.3, 0.4) is 0 Å². The lowest BCUT2D eigenvalue weighted by atomic mass is 10.0. The molecule has 1 aromatic rings. The highest BCUT2D eigenvalue weighted by Gasteiger charge is 2.38. The number of nitrogens with zero attached hydrogens (tertiary/aromatic N) is 1. The van der Waals surface area contributed by atoms with Gasteiger partial charge in [-0.1, -0.05) is 19.9 Å². The Morgan fingerprint density at radius 2 is 2.00 bits per heavy atom. The van der Waals surface area contributed by atoms with E-state index in [2.05, 4.69) is 5.32 Å². The number of carboxylic acids is 1. The number of likely N-dealkylation sites (tertiary alicyclic amines) is 1. The molecule has 0 radical (unpaired) electrons. The van der Waals surface area contributed by atoms with Crippen LogP contribution in [-0.2, 0) is 9.59 Å². The molecule has 0 spiro atoms. The molecule has 2 rings (SSSR count). The van der Waals surface area contributed by atoms with Gasteiger partial charge in [-0.25, -0.2) is 4.79 Å². The Morgan fingerprint density at radius 3 is 2.58 bits per heavy atom. The fourth-order valence-corrected chi connectivity index (χ4v) is 3.28. The third kappa shape index (κ3) is 3.98. The van der Waals surface area contributed by atoms with Crippen LogP contribution in [0.1, 0.15) is 42.6 Å². The molecule has 0 saturated carbocycles. The average molecular weight is 362 g/mol. The summed E-state index contributed by atoms with van der Waals surface area (Å²) < 4.78 is 5.24. The molecule has 0 aromatic heterocycles. The first kappa shape index (κ1) is 19.8. The van der Waals surface area contributed by atoms with E-state index in [9.17, 15) is 19.5 Å². The van der Waals surface area contributed by atoms with Crippen molar-refractivity contribution in [1.82, 2.24) is 10.2 Å². The quantitative estimate of drug-likeness (QED) is 0.805. The standard InChI is InChI=1S/C19H26N2O5/c1-11(2)16(18(23)21-10-6-8-14(21)19(24)25)20-17(22)13-7-5-9-15(26-4)12(13)3/h5,7,9,11,14,16H,6,8,10H2,1-4H3,(H,20,22)(H,24,25)/t14-,16-/m0/s1. The first-order valence-electron chi connectivity index (χ1n) is 8.75. The molecule has 26 heavy (non-hydrogen) atoms. The predicted molar refractivity (Wildman–Crippen MR) is 96.2 cm³/mol. The van der Waals surface area contributed by atoms with E-state index in [4.69, 9.17) is 4.74 Å². The fraction of sp³-hybridized carbons (Fsp3) is 0.526. The minimum absolute atomic E-state index is 0.174. The Balaban J connectivity index is 2.22. The van der Waals surface area contributed by atoms with E-state index in [1.165, 1.54) is 12.0 Å². The molecular weight excluding hydrogens is 336 g/mol. The van der Waals surface area contributed by atoms with Crippen LogP contribution in [0.25, 0.3) is 0 Å². The number of nitrogens with one attached hydrogen (secondary N) is 1. The van der Waals surface area contributed by atoms with E-state index in [0.29, 0.717) is 36.3 Å². The normalized spacial score (nSPS) is 17.9. The number of aliphatic carboxylic acids is 1. The van der Waals surface area contributed by atoms with Gasteiger partial charge in [0, 0.05) is 17.7 Å². The van der Waals surface area contributed by atoms with Gasteiger partial charge in [-0.3, -0.25) is 9.59 Å². The van der Waals surface area contributed by atoms with E-state index < -0.39 is 18.1 Å². The molecule has 1 saturated heterocycles. The molecule has 7 nitrogen and oxygen atoms in total. The second-order valence-electron chi connectivity index (χ2n) is 6.86. The average Bonchev–Trinajstić information content (AvgIpc) is 3.08. The van der Waals surface area contributed by atoms with E-state index in [0.717, 1.165) is 0 Å². The number of carbonyl (C=O) groups is 3. The van der Waals surface area contributed by atoms with Crippen molar-refractivity contribution in [2.24, 2.45) is 5.92 Å². The zero-order valence-corrected chi connectivity index (χ0v) is 15.6. The van der Waals surface area contributed by atoms with Gasteiger partial charge in [0.05, 0.1) is 7.11 Å². The molecule has 1 heterocycles. The van der Waals surface area contributed by atoms with Crippen LogP contribution in [0.15, 0.2) is 18.2 Å². The summed E-state index contributed by atoms with van der Waals surface area (Å²) in [6.45, 7) is 5.83. The van der Waals surface area contributed by atoms with Crippen molar-refractivity contribution in [2.75, 3.05) is 13.7 Å². The minimum Gasteiger partial charge on any atom is -0.496 e. The molecular formula is C19H26N2O5. The van der Waals surface area contributed by atoms with Crippen LogP contribution >= 0.6 is 0 Å². The van der Waals surface area contributed by atoms with Gasteiger partial charge in [0.2, 0.25) is 5.91 Å². The maximum absolute atomic E-state index is 12.9. The number of ether oxygens (including phenoxy) is 1. The Morgan fingerprint density at radius 1 is 1.31 bits per heavy atom. The summed E-state index contributed by atoms with van der Waals surface area (Å²) in [5.74, 6) is -1.31. The molecule has 7 heteroatoms. The Hall–Kier alpha value is -2.57. The lowest BCUT2D eigenvalue weighted by Crippen LogP contribution is -2.53. The van der Waals surface area contributed by atoms with Crippen molar-refractivity contribution in [3.63, 3.8) is 0 Å². The maximum atomic E-state index is 12.9. The molecule has 1 fully saturated rings. The van der Waals surface area contributed by atoms with Gasteiger partial charge in [-0.2, -0.15) is 0 Å². The molecule has 1 aliphatic heterocycles. The molecule has 2 amide bonds. The number of methoxy groups -OCH3 is 1. The van der Waals surface area contributed by atoms with Crippen molar-refractivity contribution in [3.05, 3.63) is 29.3 Å². The number of amides is 2. The highest BCUT2D eigenvalue weighted by Crippen LogP contribution is 2.23. The lowest BCUT2D eigenvalue weighted by molar-refractivity contribution is -0.149. The lowest BCUT2D eigenvalue weighted by Gasteiger charge is -2.29. The van der Waals surface area contributed by atoms with E-state index in [-0.39, 0.29) is 17.7 Å². The van der Waals surface area contributed by atoms with Crippen molar-refractivity contribution in [1.29, 1.82) is 0 Å².